The molecule has 3 N–H and O–H groups in total. The van der Waals surface area contributed by atoms with E-state index in [-0.39, 0.29) is 11.6 Å². The Hall–Kier alpha value is -5.38. The number of aryl methyl sites for hydroxylation is 2. The van der Waals surface area contributed by atoms with Crippen molar-refractivity contribution >= 4 is 39.5 Å². The molecule has 6 rings (SSSR count). The van der Waals surface area contributed by atoms with Crippen molar-refractivity contribution < 1.29 is 9.53 Å². The molecule has 3 heterocycles. The number of H-pyrrole nitrogens is 1. The molecule has 3 aromatic carbocycles. The van der Waals surface area contributed by atoms with E-state index >= 15 is 0 Å². The third-order valence-electron chi connectivity index (χ3n) is 6.94. The van der Waals surface area contributed by atoms with E-state index in [9.17, 15) is 9.59 Å². The molecule has 3 aromatic heterocycles. The van der Waals surface area contributed by atoms with Gasteiger partial charge >= 0.3 is 11.7 Å². The van der Waals surface area contributed by atoms with Crippen LogP contribution in [-0.2, 0) is 7.05 Å². The van der Waals surface area contributed by atoms with E-state index in [1.165, 1.54) is 4.57 Å². The van der Waals surface area contributed by atoms with E-state index in [1.807, 2.05) is 61.5 Å². The maximum atomic E-state index is 13.3. The van der Waals surface area contributed by atoms with Gasteiger partial charge in [0.2, 0.25) is 0 Å². The van der Waals surface area contributed by atoms with Crippen LogP contribution in [0.25, 0.3) is 27.6 Å². The number of pyridine rings is 1. The second kappa shape index (κ2) is 10.3. The van der Waals surface area contributed by atoms with Crippen molar-refractivity contribution in [3.05, 3.63) is 101 Å². The fraction of sp³-hybridized carbons (Fsp3) is 0.161. The molecule has 10 nitrogen and oxygen atoms in total. The van der Waals surface area contributed by atoms with Gasteiger partial charge in [0.1, 0.15) is 17.1 Å². The minimum absolute atomic E-state index is 0.192. The summed E-state index contributed by atoms with van der Waals surface area (Å²) in [7, 11) is 1.66. The van der Waals surface area contributed by atoms with Crippen molar-refractivity contribution in [2.24, 2.45) is 7.05 Å². The number of carbonyl (C=O) groups excluding carboxylic acids is 1. The average Bonchev–Trinajstić information content (AvgIpc) is 3.51. The number of nitrogens with zero attached hydrogens (tertiary/aromatic N) is 4. The summed E-state index contributed by atoms with van der Waals surface area (Å²) >= 11 is 0. The average molecular weight is 548 g/mol. The molecular formula is C31H29N7O3. The van der Waals surface area contributed by atoms with Crippen molar-refractivity contribution in [1.82, 2.24) is 24.3 Å². The first-order chi connectivity index (χ1) is 19.8. The van der Waals surface area contributed by atoms with Crippen LogP contribution in [0.1, 0.15) is 31.0 Å². The number of amides is 2. The van der Waals surface area contributed by atoms with Gasteiger partial charge < -0.3 is 10.1 Å². The van der Waals surface area contributed by atoms with Crippen LogP contribution in [0.15, 0.2) is 83.8 Å². The summed E-state index contributed by atoms with van der Waals surface area (Å²) in [5.41, 5.74) is 4.22. The van der Waals surface area contributed by atoms with E-state index in [0.29, 0.717) is 34.2 Å². The van der Waals surface area contributed by atoms with Gasteiger partial charge in [0.15, 0.2) is 11.4 Å². The van der Waals surface area contributed by atoms with Gasteiger partial charge in [0.25, 0.3) is 0 Å². The number of hydrogen-bond donors (Lipinski definition) is 3. The van der Waals surface area contributed by atoms with Gasteiger partial charge in [0.05, 0.1) is 17.1 Å². The SMILES string of the molecule is Cc1ccc(-n2nc(C(C)C)cc2NC(=O)Nc2ccc(Oc3ccnc4[nH]c(=O)n(C)c34)c3ccccc23)cc1. The van der Waals surface area contributed by atoms with Crippen LogP contribution in [0.4, 0.5) is 16.3 Å². The maximum absolute atomic E-state index is 13.3. The summed E-state index contributed by atoms with van der Waals surface area (Å²) in [6, 6.07) is 22.4. The minimum atomic E-state index is -0.398. The third kappa shape index (κ3) is 4.91. The Kier molecular flexibility index (Phi) is 6.50. The van der Waals surface area contributed by atoms with Gasteiger partial charge in [0, 0.05) is 36.1 Å². The van der Waals surface area contributed by atoms with E-state index < -0.39 is 6.03 Å². The van der Waals surface area contributed by atoms with Crippen molar-refractivity contribution in [2.45, 2.75) is 26.7 Å². The Morgan fingerprint density at radius 1 is 0.951 bits per heavy atom. The molecule has 41 heavy (non-hydrogen) atoms. The van der Waals surface area contributed by atoms with E-state index in [1.54, 1.807) is 36.1 Å². The van der Waals surface area contributed by atoms with Crippen molar-refractivity contribution in [3.8, 4) is 17.2 Å². The molecule has 2 amide bonds. The predicted molar refractivity (Wildman–Crippen MR) is 160 cm³/mol. The molecule has 0 saturated carbocycles. The van der Waals surface area contributed by atoms with Crippen molar-refractivity contribution in [2.75, 3.05) is 10.6 Å². The lowest BCUT2D eigenvalue weighted by atomic mass is 10.1. The molecule has 0 bridgehead atoms. The highest BCUT2D eigenvalue weighted by molar-refractivity contribution is 6.07. The molecule has 10 heteroatoms. The number of aromatic nitrogens is 5. The zero-order valence-electron chi connectivity index (χ0n) is 23.1. The monoisotopic (exact) mass is 547 g/mol. The number of benzene rings is 3. The topological polar surface area (TPSA) is 119 Å². The molecule has 0 saturated heterocycles. The number of rotatable bonds is 6. The Labute approximate surface area is 235 Å². The molecule has 0 spiro atoms. The van der Waals surface area contributed by atoms with Crippen molar-refractivity contribution in [1.29, 1.82) is 0 Å². The number of fused-ring (bicyclic) bond motifs is 2. The lowest BCUT2D eigenvalue weighted by molar-refractivity contribution is 0.262. The molecule has 0 fully saturated rings. The zero-order valence-corrected chi connectivity index (χ0v) is 23.1. The first kappa shape index (κ1) is 25.9. The van der Waals surface area contributed by atoms with Gasteiger partial charge in [-0.3, -0.25) is 14.9 Å². The lowest BCUT2D eigenvalue weighted by Gasteiger charge is -2.15. The summed E-state index contributed by atoms with van der Waals surface area (Å²) < 4.78 is 9.50. The van der Waals surface area contributed by atoms with Gasteiger partial charge in [-0.05, 0) is 37.1 Å². The Morgan fingerprint density at radius 2 is 1.71 bits per heavy atom. The molecule has 206 valence electrons. The third-order valence-corrected chi connectivity index (χ3v) is 6.94. The second-order valence-corrected chi connectivity index (χ2v) is 10.2. The highest BCUT2D eigenvalue weighted by Crippen LogP contribution is 2.36. The molecule has 6 aromatic rings. The minimum Gasteiger partial charge on any atom is -0.454 e. The summed E-state index contributed by atoms with van der Waals surface area (Å²) in [5.74, 6) is 1.83. The smallest absolute Gasteiger partial charge is 0.327 e. The number of nitrogens with one attached hydrogen (secondary N) is 3. The maximum Gasteiger partial charge on any atom is 0.327 e. The normalized spacial score (nSPS) is 11.3. The van der Waals surface area contributed by atoms with Crippen molar-refractivity contribution in [3.63, 3.8) is 0 Å². The molecule has 0 unspecified atom stereocenters. The van der Waals surface area contributed by atoms with Crippen LogP contribution in [0.5, 0.6) is 11.5 Å². The summed E-state index contributed by atoms with van der Waals surface area (Å²) in [6.45, 7) is 6.15. The molecule has 0 atom stereocenters. The highest BCUT2D eigenvalue weighted by atomic mass is 16.5. The summed E-state index contributed by atoms with van der Waals surface area (Å²) in [6.07, 6.45) is 1.59. The van der Waals surface area contributed by atoms with Crippen LogP contribution < -0.4 is 21.1 Å². The molecule has 0 aliphatic carbocycles. The fourth-order valence-corrected chi connectivity index (χ4v) is 4.73. The van der Waals surface area contributed by atoms with Gasteiger partial charge in [-0.2, -0.15) is 5.10 Å². The number of aromatic amines is 1. The first-order valence-corrected chi connectivity index (χ1v) is 13.3. The van der Waals surface area contributed by atoms with Crippen LogP contribution in [0.2, 0.25) is 0 Å². The fourth-order valence-electron chi connectivity index (χ4n) is 4.73. The predicted octanol–water partition coefficient (Wildman–Crippen LogP) is 6.47. The zero-order chi connectivity index (χ0) is 28.7. The van der Waals surface area contributed by atoms with Gasteiger partial charge in [-0.1, -0.05) is 55.8 Å². The molecule has 0 aliphatic heterocycles. The summed E-state index contributed by atoms with van der Waals surface area (Å²) in [5, 5.41) is 12.3. The first-order valence-electron chi connectivity index (χ1n) is 13.3. The van der Waals surface area contributed by atoms with Gasteiger partial charge in [-0.25, -0.2) is 19.3 Å². The standard InChI is InChI=1S/C31H29N7O3/c1-18(2)24-17-27(38(36-24)20-11-9-19(3)10-12-20)34-30(39)33-23-13-14-25(22-8-6-5-7-21(22)23)41-26-15-16-32-29-28(26)37(4)31(40)35-29/h5-18H,1-4H3,(H,32,35,40)(H2,33,34,39). The number of anilines is 2. The number of carbonyl (C=O) groups is 1. The number of hydrogen-bond acceptors (Lipinski definition) is 5. The molecular weight excluding hydrogens is 518 g/mol. The largest absolute Gasteiger partial charge is 0.454 e. The Morgan fingerprint density at radius 3 is 2.46 bits per heavy atom. The number of urea groups is 1. The van der Waals surface area contributed by atoms with Crippen LogP contribution >= 0.6 is 0 Å². The Balaban J connectivity index is 1.30. The molecule has 0 aliphatic rings. The second-order valence-electron chi connectivity index (χ2n) is 10.2. The Bertz CT molecular complexity index is 1970. The lowest BCUT2D eigenvalue weighted by Crippen LogP contribution is -2.21. The van der Waals surface area contributed by atoms with E-state index in [2.05, 4.69) is 34.4 Å². The number of ether oxygens (including phenoxy) is 1. The van der Waals surface area contributed by atoms with E-state index in [4.69, 9.17) is 9.84 Å². The van der Waals surface area contributed by atoms with Crippen LogP contribution in [0, 0.1) is 6.92 Å². The number of imidazole rings is 1. The molecule has 0 radical (unpaired) electrons. The quantitative estimate of drug-likeness (QED) is 0.221. The van der Waals surface area contributed by atoms with Gasteiger partial charge in [-0.15, -0.1) is 0 Å². The highest BCUT2D eigenvalue weighted by Gasteiger charge is 2.17. The van der Waals surface area contributed by atoms with Crippen LogP contribution in [-0.4, -0.2) is 30.3 Å². The van der Waals surface area contributed by atoms with E-state index in [0.717, 1.165) is 27.7 Å². The summed E-state index contributed by atoms with van der Waals surface area (Å²) in [4.78, 5) is 32.4. The van der Waals surface area contributed by atoms with Crippen LogP contribution in [0.3, 0.4) is 0 Å².